The molecule has 10 heteroatoms. The maximum Gasteiger partial charge on any atom is 0.431 e. The Bertz CT molecular complexity index is 1390. The van der Waals surface area contributed by atoms with Gasteiger partial charge in [-0.05, 0) is 47.4 Å². The van der Waals surface area contributed by atoms with Crippen LogP contribution in [-0.2, 0) is 22.4 Å². The molecular weight excluding hydrogens is 445 g/mol. The average molecular weight is 462 g/mol. The zero-order chi connectivity index (χ0) is 23.3. The summed E-state index contributed by atoms with van der Waals surface area (Å²) >= 11 is 0. The van der Waals surface area contributed by atoms with E-state index in [0.29, 0.717) is 23.6 Å². The summed E-state index contributed by atoms with van der Waals surface area (Å²) in [5.74, 6) is -0.924. The fourth-order valence-electron chi connectivity index (χ4n) is 3.72. The Kier molecular flexibility index (Phi) is 5.20. The van der Waals surface area contributed by atoms with E-state index >= 15 is 0 Å². The highest BCUT2D eigenvalue weighted by atomic mass is 32.2. The van der Waals surface area contributed by atoms with Gasteiger partial charge < -0.3 is 10.3 Å². The number of carbonyl (C=O) groups is 1. The fraction of sp³-hybridized carbons (Fsp3) is 0.182. The number of sulfone groups is 1. The third kappa shape index (κ3) is 3.60. The minimum atomic E-state index is -4.76. The zero-order valence-corrected chi connectivity index (χ0v) is 17.5. The Balaban J connectivity index is 1.81. The lowest BCUT2D eigenvalue weighted by Crippen LogP contribution is -2.36. The van der Waals surface area contributed by atoms with Crippen LogP contribution in [0.3, 0.4) is 0 Å². The van der Waals surface area contributed by atoms with Gasteiger partial charge in [0.2, 0.25) is 9.84 Å². The minimum absolute atomic E-state index is 0.0170. The SMILES string of the molecule is CCc1ccc2c(c1)C(NC(=O)c1ccc(C(F)(F)F)[nH]c1=O)c1ccccc1S2(=O)=O. The van der Waals surface area contributed by atoms with E-state index in [-0.39, 0.29) is 9.79 Å². The van der Waals surface area contributed by atoms with Crippen LogP contribution in [0.2, 0.25) is 0 Å². The lowest BCUT2D eigenvalue weighted by molar-refractivity contribution is -0.141. The van der Waals surface area contributed by atoms with Gasteiger partial charge in [0.05, 0.1) is 15.8 Å². The molecule has 0 radical (unpaired) electrons. The monoisotopic (exact) mass is 462 g/mol. The molecule has 1 amide bonds. The molecule has 3 aromatic rings. The van der Waals surface area contributed by atoms with Crippen molar-refractivity contribution in [2.45, 2.75) is 35.4 Å². The van der Waals surface area contributed by atoms with E-state index in [9.17, 15) is 31.2 Å². The number of nitrogens with one attached hydrogen (secondary N) is 2. The first-order valence-electron chi connectivity index (χ1n) is 9.62. The van der Waals surface area contributed by atoms with E-state index in [1.54, 1.807) is 35.3 Å². The lowest BCUT2D eigenvalue weighted by atomic mass is 9.95. The molecule has 32 heavy (non-hydrogen) atoms. The van der Waals surface area contributed by atoms with Crippen LogP contribution in [0.1, 0.15) is 45.7 Å². The van der Waals surface area contributed by atoms with E-state index in [1.165, 1.54) is 12.1 Å². The number of halogens is 3. The molecule has 0 aliphatic carbocycles. The predicted octanol–water partition coefficient (Wildman–Crippen LogP) is 3.62. The predicted molar refractivity (Wildman–Crippen MR) is 109 cm³/mol. The molecule has 0 bridgehead atoms. The molecule has 1 aliphatic heterocycles. The molecule has 0 spiro atoms. The van der Waals surface area contributed by atoms with Gasteiger partial charge in [0.1, 0.15) is 11.3 Å². The number of amides is 1. The van der Waals surface area contributed by atoms with Crippen LogP contribution in [0.25, 0.3) is 0 Å². The van der Waals surface area contributed by atoms with Gasteiger partial charge in [0.25, 0.3) is 11.5 Å². The quantitative estimate of drug-likeness (QED) is 0.622. The van der Waals surface area contributed by atoms with Crippen molar-refractivity contribution >= 4 is 15.7 Å². The van der Waals surface area contributed by atoms with Crippen molar-refractivity contribution in [2.75, 3.05) is 0 Å². The third-order valence-corrected chi connectivity index (χ3v) is 7.24. The largest absolute Gasteiger partial charge is 0.431 e. The van der Waals surface area contributed by atoms with Crippen LogP contribution in [-0.4, -0.2) is 19.3 Å². The Hall–Kier alpha value is -3.40. The summed E-state index contributed by atoms with van der Waals surface area (Å²) in [5, 5.41) is 2.63. The number of pyridine rings is 1. The van der Waals surface area contributed by atoms with Crippen molar-refractivity contribution in [1.29, 1.82) is 0 Å². The number of aryl methyl sites for hydroxylation is 1. The molecule has 2 heterocycles. The number of carbonyl (C=O) groups excluding carboxylic acids is 1. The molecule has 0 saturated heterocycles. The van der Waals surface area contributed by atoms with E-state index in [4.69, 9.17) is 0 Å². The van der Waals surface area contributed by atoms with Gasteiger partial charge >= 0.3 is 6.18 Å². The smallest absolute Gasteiger partial charge is 0.341 e. The molecule has 1 aromatic heterocycles. The maximum absolute atomic E-state index is 13.1. The molecular formula is C22H17F3N2O4S. The Morgan fingerprint density at radius 3 is 2.38 bits per heavy atom. The van der Waals surface area contributed by atoms with Gasteiger partial charge in [0.15, 0.2) is 0 Å². The number of benzene rings is 2. The van der Waals surface area contributed by atoms with Gasteiger partial charge in [-0.15, -0.1) is 0 Å². The zero-order valence-electron chi connectivity index (χ0n) is 16.7. The number of alkyl halides is 3. The number of hydrogen-bond acceptors (Lipinski definition) is 4. The summed E-state index contributed by atoms with van der Waals surface area (Å²) < 4.78 is 64.7. The summed E-state index contributed by atoms with van der Waals surface area (Å²) in [6.07, 6.45) is -4.14. The molecule has 1 unspecified atom stereocenters. The van der Waals surface area contributed by atoms with E-state index in [1.807, 2.05) is 6.92 Å². The van der Waals surface area contributed by atoms with Gasteiger partial charge in [-0.25, -0.2) is 8.42 Å². The van der Waals surface area contributed by atoms with E-state index in [2.05, 4.69) is 5.32 Å². The highest BCUT2D eigenvalue weighted by molar-refractivity contribution is 7.91. The second-order valence-electron chi connectivity index (χ2n) is 7.29. The fourth-order valence-corrected chi connectivity index (χ4v) is 5.45. The average Bonchev–Trinajstić information content (AvgIpc) is 2.75. The molecule has 2 aromatic carbocycles. The van der Waals surface area contributed by atoms with Crippen LogP contribution >= 0.6 is 0 Å². The molecule has 2 N–H and O–H groups in total. The topological polar surface area (TPSA) is 96.1 Å². The van der Waals surface area contributed by atoms with Crippen molar-refractivity contribution in [3.63, 3.8) is 0 Å². The minimum Gasteiger partial charge on any atom is -0.341 e. The standard InChI is InChI=1S/C22H17F3N2O4S/c1-2-12-7-9-17-15(11-12)19(13-5-3-4-6-16(13)32(17,30)31)27-21(29)14-8-10-18(22(23,24)25)26-20(14)28/h3-11,19H,2H2,1H3,(H,26,28)(H,27,29). The summed E-state index contributed by atoms with van der Waals surface area (Å²) in [4.78, 5) is 26.7. The van der Waals surface area contributed by atoms with Crippen LogP contribution in [0.4, 0.5) is 13.2 Å². The summed E-state index contributed by atoms with van der Waals surface area (Å²) in [6.45, 7) is 1.89. The molecule has 166 valence electrons. The Morgan fingerprint density at radius 1 is 1.03 bits per heavy atom. The summed E-state index contributed by atoms with van der Waals surface area (Å²) in [7, 11) is -3.83. The van der Waals surface area contributed by atoms with Crippen LogP contribution < -0.4 is 10.9 Å². The molecule has 0 saturated carbocycles. The van der Waals surface area contributed by atoms with Crippen molar-refractivity contribution in [2.24, 2.45) is 0 Å². The molecule has 4 rings (SSSR count). The number of H-pyrrole nitrogens is 1. The third-order valence-electron chi connectivity index (χ3n) is 5.34. The number of aromatic amines is 1. The first kappa shape index (κ1) is 21.8. The van der Waals surface area contributed by atoms with Gasteiger partial charge in [-0.1, -0.05) is 37.3 Å². The van der Waals surface area contributed by atoms with E-state index in [0.717, 1.165) is 11.6 Å². The molecule has 6 nitrogen and oxygen atoms in total. The van der Waals surface area contributed by atoms with Gasteiger partial charge in [-0.2, -0.15) is 13.2 Å². The number of aromatic nitrogens is 1. The number of fused-ring (bicyclic) bond motifs is 2. The van der Waals surface area contributed by atoms with Gasteiger partial charge in [0, 0.05) is 0 Å². The highest BCUT2D eigenvalue weighted by Crippen LogP contribution is 2.41. The second-order valence-corrected chi connectivity index (χ2v) is 9.17. The molecule has 1 atom stereocenters. The summed E-state index contributed by atoms with van der Waals surface area (Å²) in [6, 6.07) is 11.5. The van der Waals surface area contributed by atoms with Crippen molar-refractivity contribution in [3.05, 3.63) is 92.9 Å². The van der Waals surface area contributed by atoms with Gasteiger partial charge in [-0.3, -0.25) is 9.59 Å². The molecule has 1 aliphatic rings. The first-order valence-corrected chi connectivity index (χ1v) is 11.1. The summed E-state index contributed by atoms with van der Waals surface area (Å²) in [5.41, 5.74) is -1.51. The van der Waals surface area contributed by atoms with Crippen molar-refractivity contribution in [1.82, 2.24) is 10.3 Å². The van der Waals surface area contributed by atoms with E-state index < -0.39 is 44.8 Å². The highest BCUT2D eigenvalue weighted by Gasteiger charge is 2.37. The Labute approximate surface area is 181 Å². The lowest BCUT2D eigenvalue weighted by Gasteiger charge is -2.29. The van der Waals surface area contributed by atoms with Crippen LogP contribution in [0, 0.1) is 0 Å². The number of rotatable bonds is 3. The first-order chi connectivity index (χ1) is 15.0. The van der Waals surface area contributed by atoms with Crippen LogP contribution in [0.5, 0.6) is 0 Å². The second kappa shape index (κ2) is 7.63. The molecule has 0 fully saturated rings. The Morgan fingerprint density at radius 2 is 1.72 bits per heavy atom. The number of hydrogen-bond donors (Lipinski definition) is 2. The van der Waals surface area contributed by atoms with Crippen molar-refractivity contribution < 1.29 is 26.4 Å². The normalized spacial score (nSPS) is 16.7. The van der Waals surface area contributed by atoms with Crippen LogP contribution in [0.15, 0.2) is 69.2 Å². The maximum atomic E-state index is 13.1. The van der Waals surface area contributed by atoms with Crippen molar-refractivity contribution in [3.8, 4) is 0 Å².